The summed E-state index contributed by atoms with van der Waals surface area (Å²) in [6, 6.07) is 10.5. The molecule has 0 bridgehead atoms. The molecule has 0 amide bonds. The summed E-state index contributed by atoms with van der Waals surface area (Å²) < 4.78 is 0. The van der Waals surface area contributed by atoms with E-state index in [1.165, 1.54) is 22.9 Å². The van der Waals surface area contributed by atoms with E-state index in [9.17, 15) is 0 Å². The van der Waals surface area contributed by atoms with E-state index in [-0.39, 0.29) is 0 Å². The van der Waals surface area contributed by atoms with Gasteiger partial charge in [-0.2, -0.15) is 0 Å². The molecule has 0 saturated carbocycles. The number of thiophene rings is 1. The zero-order valence-corrected chi connectivity index (χ0v) is 13.9. The average molecular weight is 314 g/mol. The number of hydrogen-bond donors (Lipinski definition) is 0. The predicted octanol–water partition coefficient (Wildman–Crippen LogP) is 5.50. The topological polar surface area (TPSA) is 25.8 Å². The van der Waals surface area contributed by atoms with Gasteiger partial charge in [0.25, 0.3) is 0 Å². The van der Waals surface area contributed by atoms with Gasteiger partial charge in [-0.15, -0.1) is 23.1 Å². The van der Waals surface area contributed by atoms with Crippen molar-refractivity contribution in [1.82, 2.24) is 9.97 Å². The van der Waals surface area contributed by atoms with Crippen LogP contribution in [0.1, 0.15) is 20.3 Å². The zero-order valence-electron chi connectivity index (χ0n) is 12.2. The number of rotatable bonds is 5. The van der Waals surface area contributed by atoms with Crippen molar-refractivity contribution in [2.75, 3.05) is 5.75 Å². The summed E-state index contributed by atoms with van der Waals surface area (Å²) in [6.45, 7) is 4.52. The van der Waals surface area contributed by atoms with Crippen molar-refractivity contribution in [3.05, 3.63) is 42.0 Å². The molecule has 108 valence electrons. The summed E-state index contributed by atoms with van der Waals surface area (Å²) in [7, 11) is 0. The van der Waals surface area contributed by atoms with Gasteiger partial charge in [0.05, 0.1) is 5.39 Å². The molecule has 2 aromatic heterocycles. The summed E-state index contributed by atoms with van der Waals surface area (Å²) in [6.07, 6.45) is 2.90. The lowest BCUT2D eigenvalue weighted by atomic mass is 10.1. The van der Waals surface area contributed by atoms with Gasteiger partial charge in [0.15, 0.2) is 0 Å². The first kappa shape index (κ1) is 14.5. The maximum atomic E-state index is 4.52. The SMILES string of the molecule is CC(C)CCSc1ncnc2scc(-c3ccccc3)c12. The van der Waals surface area contributed by atoms with Crippen LogP contribution in [0.2, 0.25) is 0 Å². The normalized spacial score (nSPS) is 11.4. The monoisotopic (exact) mass is 314 g/mol. The number of fused-ring (bicyclic) bond motifs is 1. The molecule has 4 heteroatoms. The van der Waals surface area contributed by atoms with Crippen LogP contribution in [0.3, 0.4) is 0 Å². The molecule has 2 heterocycles. The van der Waals surface area contributed by atoms with E-state index in [1.807, 2.05) is 17.8 Å². The summed E-state index contributed by atoms with van der Waals surface area (Å²) in [4.78, 5) is 10.0. The third-order valence-electron chi connectivity index (χ3n) is 3.35. The van der Waals surface area contributed by atoms with Crippen molar-refractivity contribution in [3.8, 4) is 11.1 Å². The molecule has 21 heavy (non-hydrogen) atoms. The Balaban J connectivity index is 1.99. The van der Waals surface area contributed by atoms with Crippen LogP contribution in [-0.2, 0) is 0 Å². The first-order chi connectivity index (χ1) is 10.3. The van der Waals surface area contributed by atoms with Gasteiger partial charge in [-0.05, 0) is 23.7 Å². The second-order valence-corrected chi connectivity index (χ2v) is 7.35. The largest absolute Gasteiger partial charge is 0.229 e. The van der Waals surface area contributed by atoms with Crippen LogP contribution in [-0.4, -0.2) is 15.7 Å². The van der Waals surface area contributed by atoms with Crippen LogP contribution in [0.25, 0.3) is 21.3 Å². The van der Waals surface area contributed by atoms with E-state index in [0.717, 1.165) is 21.5 Å². The van der Waals surface area contributed by atoms with Gasteiger partial charge in [0, 0.05) is 10.9 Å². The van der Waals surface area contributed by atoms with Crippen LogP contribution < -0.4 is 0 Å². The highest BCUT2D eigenvalue weighted by Crippen LogP contribution is 2.37. The number of nitrogens with zero attached hydrogens (tertiary/aromatic N) is 2. The molecule has 0 aliphatic rings. The third-order valence-corrected chi connectivity index (χ3v) is 5.26. The minimum Gasteiger partial charge on any atom is -0.229 e. The van der Waals surface area contributed by atoms with Crippen LogP contribution in [0, 0.1) is 5.92 Å². The van der Waals surface area contributed by atoms with E-state index >= 15 is 0 Å². The van der Waals surface area contributed by atoms with Gasteiger partial charge in [-0.1, -0.05) is 44.2 Å². The van der Waals surface area contributed by atoms with E-state index in [2.05, 4.69) is 53.5 Å². The Morgan fingerprint density at radius 2 is 1.95 bits per heavy atom. The van der Waals surface area contributed by atoms with Gasteiger partial charge >= 0.3 is 0 Å². The molecule has 0 spiro atoms. The Bertz CT molecular complexity index is 720. The zero-order chi connectivity index (χ0) is 14.7. The van der Waals surface area contributed by atoms with Crippen molar-refractivity contribution in [3.63, 3.8) is 0 Å². The van der Waals surface area contributed by atoms with Gasteiger partial charge in [0.1, 0.15) is 16.2 Å². The molecule has 0 atom stereocenters. The number of aromatic nitrogens is 2. The molecule has 3 rings (SSSR count). The smallest absolute Gasteiger partial charge is 0.128 e. The van der Waals surface area contributed by atoms with Gasteiger partial charge in [0.2, 0.25) is 0 Å². The lowest BCUT2D eigenvalue weighted by molar-refractivity contribution is 0.632. The molecule has 2 nitrogen and oxygen atoms in total. The van der Waals surface area contributed by atoms with Gasteiger partial charge in [-0.25, -0.2) is 9.97 Å². The maximum Gasteiger partial charge on any atom is 0.128 e. The first-order valence-corrected chi connectivity index (χ1v) is 9.02. The Morgan fingerprint density at radius 1 is 1.14 bits per heavy atom. The number of hydrogen-bond acceptors (Lipinski definition) is 4. The highest BCUT2D eigenvalue weighted by atomic mass is 32.2. The summed E-state index contributed by atoms with van der Waals surface area (Å²) in [5, 5.41) is 4.52. The van der Waals surface area contributed by atoms with E-state index in [1.54, 1.807) is 17.7 Å². The second kappa shape index (κ2) is 6.58. The fourth-order valence-electron chi connectivity index (χ4n) is 2.18. The molecule has 3 aromatic rings. The summed E-state index contributed by atoms with van der Waals surface area (Å²) >= 11 is 3.55. The standard InChI is InChI=1S/C17H18N2S2/c1-12(2)8-9-20-16-15-14(13-6-4-3-5-7-13)10-21-17(15)19-11-18-16/h3-7,10-12H,8-9H2,1-2H3. The third kappa shape index (κ3) is 3.27. The van der Waals surface area contributed by atoms with Crippen molar-refractivity contribution < 1.29 is 0 Å². The van der Waals surface area contributed by atoms with E-state index in [0.29, 0.717) is 0 Å². The van der Waals surface area contributed by atoms with Crippen LogP contribution >= 0.6 is 23.1 Å². The van der Waals surface area contributed by atoms with E-state index in [4.69, 9.17) is 0 Å². The Morgan fingerprint density at radius 3 is 2.71 bits per heavy atom. The van der Waals surface area contributed by atoms with Crippen LogP contribution in [0.5, 0.6) is 0 Å². The molecule has 0 unspecified atom stereocenters. The van der Waals surface area contributed by atoms with Crippen LogP contribution in [0.15, 0.2) is 47.1 Å². The van der Waals surface area contributed by atoms with Crippen molar-refractivity contribution in [2.24, 2.45) is 5.92 Å². The van der Waals surface area contributed by atoms with E-state index < -0.39 is 0 Å². The average Bonchev–Trinajstić information content (AvgIpc) is 2.93. The molecule has 0 N–H and O–H groups in total. The lowest BCUT2D eigenvalue weighted by Crippen LogP contribution is -1.91. The number of benzene rings is 1. The predicted molar refractivity (Wildman–Crippen MR) is 93.0 cm³/mol. The molecular weight excluding hydrogens is 296 g/mol. The van der Waals surface area contributed by atoms with Crippen molar-refractivity contribution >= 4 is 33.3 Å². The quantitative estimate of drug-likeness (QED) is 0.459. The minimum atomic E-state index is 0.728. The molecule has 0 saturated heterocycles. The highest BCUT2D eigenvalue weighted by molar-refractivity contribution is 7.99. The summed E-state index contributed by atoms with van der Waals surface area (Å²) in [5.74, 6) is 1.83. The molecule has 0 radical (unpaired) electrons. The minimum absolute atomic E-state index is 0.728. The molecule has 1 aromatic carbocycles. The van der Waals surface area contributed by atoms with Gasteiger partial charge < -0.3 is 0 Å². The Labute approximate surface area is 133 Å². The lowest BCUT2D eigenvalue weighted by Gasteiger charge is -2.06. The molecule has 0 aliphatic heterocycles. The molecule has 0 fully saturated rings. The van der Waals surface area contributed by atoms with Crippen molar-refractivity contribution in [1.29, 1.82) is 0 Å². The highest BCUT2D eigenvalue weighted by Gasteiger charge is 2.13. The van der Waals surface area contributed by atoms with Crippen LogP contribution in [0.4, 0.5) is 0 Å². The fraction of sp³-hybridized carbons (Fsp3) is 0.294. The molecular formula is C17H18N2S2. The van der Waals surface area contributed by atoms with Crippen molar-refractivity contribution in [2.45, 2.75) is 25.3 Å². The number of thioether (sulfide) groups is 1. The molecule has 0 aliphatic carbocycles. The maximum absolute atomic E-state index is 4.52. The Kier molecular flexibility index (Phi) is 4.56. The van der Waals surface area contributed by atoms with Gasteiger partial charge in [-0.3, -0.25) is 0 Å². The Hall–Kier alpha value is -1.39. The fourth-order valence-corrected chi connectivity index (χ4v) is 4.41. The first-order valence-electron chi connectivity index (χ1n) is 7.16. The second-order valence-electron chi connectivity index (χ2n) is 5.41. The summed E-state index contributed by atoms with van der Waals surface area (Å²) in [5.41, 5.74) is 2.49.